The van der Waals surface area contributed by atoms with Crippen LogP contribution in [-0.4, -0.2) is 30.2 Å². The molecule has 1 unspecified atom stereocenters. The average Bonchev–Trinajstić information content (AvgIpc) is 2.38. The Morgan fingerprint density at radius 2 is 2.22 bits per heavy atom. The molecule has 0 aliphatic carbocycles. The Morgan fingerprint density at radius 1 is 1.50 bits per heavy atom. The lowest BCUT2D eigenvalue weighted by Gasteiger charge is -2.15. The number of likely N-dealkylation sites (N-methyl/N-ethyl adjacent to an activating group) is 1. The van der Waals surface area contributed by atoms with E-state index in [9.17, 15) is 4.79 Å². The summed E-state index contributed by atoms with van der Waals surface area (Å²) in [6.45, 7) is 2.90. The molecule has 0 heterocycles. The van der Waals surface area contributed by atoms with Crippen molar-refractivity contribution in [3.63, 3.8) is 0 Å². The predicted octanol–water partition coefficient (Wildman–Crippen LogP) is 0.411. The number of nitrogens with one attached hydrogen (secondary N) is 1. The highest BCUT2D eigenvalue weighted by molar-refractivity contribution is 5.79. The van der Waals surface area contributed by atoms with Gasteiger partial charge in [-0.25, -0.2) is 0 Å². The van der Waals surface area contributed by atoms with Crippen LogP contribution in [0.15, 0.2) is 24.3 Å². The van der Waals surface area contributed by atoms with Gasteiger partial charge in [-0.2, -0.15) is 0 Å². The van der Waals surface area contributed by atoms with E-state index in [4.69, 9.17) is 15.6 Å². The molecule has 0 saturated heterocycles. The Labute approximate surface area is 107 Å². The van der Waals surface area contributed by atoms with E-state index in [1.54, 1.807) is 12.1 Å². The molecular weight excluding hydrogens is 232 g/mol. The Kier molecular flexibility index (Phi) is 6.18. The molecule has 1 aromatic rings. The highest BCUT2D eigenvalue weighted by atomic mass is 16.5. The van der Waals surface area contributed by atoms with Crippen LogP contribution in [0.2, 0.25) is 0 Å². The van der Waals surface area contributed by atoms with Crippen LogP contribution in [-0.2, 0) is 11.4 Å². The molecule has 0 aliphatic heterocycles. The Hall–Kier alpha value is -1.59. The van der Waals surface area contributed by atoms with Crippen molar-refractivity contribution >= 4 is 5.91 Å². The first-order valence-corrected chi connectivity index (χ1v) is 6.03. The molecule has 0 radical (unpaired) electrons. The van der Waals surface area contributed by atoms with Gasteiger partial charge in [-0.05, 0) is 12.6 Å². The monoisotopic (exact) mass is 252 g/mol. The summed E-state index contributed by atoms with van der Waals surface area (Å²) >= 11 is 0. The van der Waals surface area contributed by atoms with Gasteiger partial charge in [0, 0.05) is 12.0 Å². The minimum atomic E-state index is -0.379. The molecular formula is C13H20N2O3. The van der Waals surface area contributed by atoms with Crippen LogP contribution in [0.25, 0.3) is 0 Å². The van der Waals surface area contributed by atoms with Crippen molar-refractivity contribution in [3.05, 3.63) is 29.8 Å². The molecule has 0 spiro atoms. The molecule has 0 bridgehead atoms. The van der Waals surface area contributed by atoms with Crippen molar-refractivity contribution in [3.8, 4) is 5.75 Å². The minimum absolute atomic E-state index is 0.0668. The molecule has 0 fully saturated rings. The van der Waals surface area contributed by atoms with Gasteiger partial charge in [0.2, 0.25) is 5.91 Å². The van der Waals surface area contributed by atoms with Crippen LogP contribution in [0.1, 0.15) is 18.9 Å². The standard InChI is InChI=1S/C13H20N2O3/c1-2-15-11(13(14)17)7-8-18-12-6-4-3-5-10(12)9-16/h3-6,11,15-16H,2,7-9H2,1H3,(H2,14,17). The number of carbonyl (C=O) groups excluding carboxylic acids is 1. The van der Waals surface area contributed by atoms with Crippen molar-refractivity contribution in [1.29, 1.82) is 0 Å². The predicted molar refractivity (Wildman–Crippen MR) is 69.1 cm³/mol. The zero-order valence-electron chi connectivity index (χ0n) is 10.6. The summed E-state index contributed by atoms with van der Waals surface area (Å²) in [4.78, 5) is 11.1. The molecule has 1 rings (SSSR count). The number of primary amides is 1. The topological polar surface area (TPSA) is 84.6 Å². The van der Waals surface area contributed by atoms with Gasteiger partial charge >= 0.3 is 0 Å². The van der Waals surface area contributed by atoms with Crippen molar-refractivity contribution in [2.75, 3.05) is 13.2 Å². The second kappa shape index (κ2) is 7.68. The maximum absolute atomic E-state index is 11.1. The molecule has 4 N–H and O–H groups in total. The Balaban J connectivity index is 2.47. The summed E-state index contributed by atoms with van der Waals surface area (Å²) in [5.74, 6) is 0.260. The quantitative estimate of drug-likeness (QED) is 0.625. The summed E-state index contributed by atoms with van der Waals surface area (Å²) in [6, 6.07) is 6.88. The normalized spacial score (nSPS) is 12.1. The number of aliphatic hydroxyl groups is 1. The van der Waals surface area contributed by atoms with Gasteiger partial charge in [-0.3, -0.25) is 4.79 Å². The van der Waals surface area contributed by atoms with Crippen LogP contribution in [0, 0.1) is 0 Å². The summed E-state index contributed by atoms with van der Waals surface area (Å²) in [5, 5.41) is 12.1. The van der Waals surface area contributed by atoms with Crippen LogP contribution < -0.4 is 15.8 Å². The van der Waals surface area contributed by atoms with Gasteiger partial charge in [-0.15, -0.1) is 0 Å². The van der Waals surface area contributed by atoms with E-state index in [1.165, 1.54) is 0 Å². The number of amides is 1. The van der Waals surface area contributed by atoms with Gasteiger partial charge in [0.1, 0.15) is 5.75 Å². The van der Waals surface area contributed by atoms with E-state index in [1.807, 2.05) is 19.1 Å². The van der Waals surface area contributed by atoms with E-state index in [-0.39, 0.29) is 18.6 Å². The third kappa shape index (κ3) is 4.35. The lowest BCUT2D eigenvalue weighted by Crippen LogP contribution is -2.42. The molecule has 5 heteroatoms. The van der Waals surface area contributed by atoms with Crippen molar-refractivity contribution in [2.45, 2.75) is 26.0 Å². The van der Waals surface area contributed by atoms with E-state index in [0.717, 1.165) is 5.56 Å². The highest BCUT2D eigenvalue weighted by Gasteiger charge is 2.13. The molecule has 0 aromatic heterocycles. The highest BCUT2D eigenvalue weighted by Crippen LogP contribution is 2.17. The lowest BCUT2D eigenvalue weighted by molar-refractivity contribution is -0.120. The van der Waals surface area contributed by atoms with Crippen molar-refractivity contribution in [2.24, 2.45) is 5.73 Å². The van der Waals surface area contributed by atoms with Gasteiger partial charge in [-0.1, -0.05) is 25.1 Å². The first-order chi connectivity index (χ1) is 8.69. The number of para-hydroxylation sites is 1. The van der Waals surface area contributed by atoms with Crippen molar-refractivity contribution in [1.82, 2.24) is 5.32 Å². The van der Waals surface area contributed by atoms with Gasteiger partial charge in [0.15, 0.2) is 0 Å². The number of nitrogens with two attached hydrogens (primary N) is 1. The number of benzene rings is 1. The molecule has 5 nitrogen and oxygen atoms in total. The SMILES string of the molecule is CCNC(CCOc1ccccc1CO)C(N)=O. The molecule has 0 aliphatic rings. The number of aliphatic hydroxyl groups excluding tert-OH is 1. The molecule has 18 heavy (non-hydrogen) atoms. The largest absolute Gasteiger partial charge is 0.493 e. The fraction of sp³-hybridized carbons (Fsp3) is 0.462. The van der Waals surface area contributed by atoms with Gasteiger partial charge in [0.05, 0.1) is 19.3 Å². The van der Waals surface area contributed by atoms with Crippen LogP contribution in [0.4, 0.5) is 0 Å². The number of carbonyl (C=O) groups is 1. The van der Waals surface area contributed by atoms with E-state index >= 15 is 0 Å². The molecule has 1 atom stereocenters. The van der Waals surface area contributed by atoms with Crippen LogP contribution in [0.3, 0.4) is 0 Å². The van der Waals surface area contributed by atoms with Crippen LogP contribution >= 0.6 is 0 Å². The summed E-state index contributed by atoms with van der Waals surface area (Å²) in [7, 11) is 0. The molecule has 1 aromatic carbocycles. The third-order valence-electron chi connectivity index (χ3n) is 2.60. The maximum Gasteiger partial charge on any atom is 0.234 e. The average molecular weight is 252 g/mol. The minimum Gasteiger partial charge on any atom is -0.493 e. The smallest absolute Gasteiger partial charge is 0.234 e. The van der Waals surface area contributed by atoms with E-state index < -0.39 is 0 Å². The Morgan fingerprint density at radius 3 is 2.83 bits per heavy atom. The number of ether oxygens (including phenoxy) is 1. The van der Waals surface area contributed by atoms with Gasteiger partial charge < -0.3 is 20.9 Å². The fourth-order valence-electron chi connectivity index (χ4n) is 1.65. The summed E-state index contributed by atoms with van der Waals surface area (Å²) < 4.78 is 5.55. The van der Waals surface area contributed by atoms with Crippen molar-refractivity contribution < 1.29 is 14.6 Å². The van der Waals surface area contributed by atoms with E-state index in [0.29, 0.717) is 25.3 Å². The lowest BCUT2D eigenvalue weighted by atomic mass is 10.2. The first-order valence-electron chi connectivity index (χ1n) is 6.03. The maximum atomic E-state index is 11.1. The summed E-state index contributed by atoms with van der Waals surface area (Å²) in [5.41, 5.74) is 5.99. The van der Waals surface area contributed by atoms with Crippen LogP contribution in [0.5, 0.6) is 5.75 Å². The summed E-state index contributed by atoms with van der Waals surface area (Å²) in [6.07, 6.45) is 0.503. The number of hydrogen-bond donors (Lipinski definition) is 3. The first kappa shape index (κ1) is 14.5. The third-order valence-corrected chi connectivity index (χ3v) is 2.60. The fourth-order valence-corrected chi connectivity index (χ4v) is 1.65. The van der Waals surface area contributed by atoms with E-state index in [2.05, 4.69) is 5.32 Å². The number of rotatable bonds is 8. The molecule has 100 valence electrons. The Bertz CT molecular complexity index is 382. The molecule has 0 saturated carbocycles. The zero-order valence-corrected chi connectivity index (χ0v) is 10.6. The molecule has 1 amide bonds. The second-order valence-corrected chi connectivity index (χ2v) is 3.92. The second-order valence-electron chi connectivity index (χ2n) is 3.92. The van der Waals surface area contributed by atoms with Gasteiger partial charge in [0.25, 0.3) is 0 Å². The number of hydrogen-bond acceptors (Lipinski definition) is 4. The zero-order chi connectivity index (χ0) is 13.4.